The van der Waals surface area contributed by atoms with E-state index in [4.69, 9.17) is 5.11 Å². The number of rotatable bonds is 3. The topological polar surface area (TPSA) is 69.6 Å². The molecule has 0 spiro atoms. The van der Waals surface area contributed by atoms with Crippen molar-refractivity contribution in [2.45, 2.75) is 19.9 Å². The molecule has 5 heteroatoms. The van der Waals surface area contributed by atoms with Gasteiger partial charge in [-0.1, -0.05) is 6.08 Å². The lowest BCUT2D eigenvalue weighted by Crippen LogP contribution is -2.53. The van der Waals surface area contributed by atoms with Gasteiger partial charge in [0.2, 0.25) is 5.91 Å². The molecule has 84 valence electrons. The van der Waals surface area contributed by atoms with E-state index < -0.39 is 5.97 Å². The van der Waals surface area contributed by atoms with E-state index >= 15 is 0 Å². The van der Waals surface area contributed by atoms with Crippen LogP contribution >= 0.6 is 0 Å². The molecule has 0 radical (unpaired) electrons. The number of carbonyl (C=O) groups excluding carboxylic acids is 1. The molecule has 5 nitrogen and oxygen atoms in total. The predicted molar refractivity (Wildman–Crippen MR) is 55.4 cm³/mol. The zero-order chi connectivity index (χ0) is 11.4. The maximum atomic E-state index is 11.3. The summed E-state index contributed by atoms with van der Waals surface area (Å²) >= 11 is 0. The highest BCUT2D eigenvalue weighted by Crippen LogP contribution is 2.04. The van der Waals surface area contributed by atoms with Gasteiger partial charge in [-0.15, -0.1) is 0 Å². The Morgan fingerprint density at radius 2 is 2.40 bits per heavy atom. The van der Waals surface area contributed by atoms with Crippen LogP contribution in [0.15, 0.2) is 11.6 Å². The van der Waals surface area contributed by atoms with Crippen LogP contribution in [-0.4, -0.2) is 47.6 Å². The van der Waals surface area contributed by atoms with Crippen molar-refractivity contribution >= 4 is 11.9 Å². The van der Waals surface area contributed by atoms with Crippen LogP contribution in [0.3, 0.4) is 0 Å². The largest absolute Gasteiger partial charge is 0.478 e. The molecule has 1 amide bonds. The lowest BCUT2D eigenvalue weighted by atomic mass is 10.2. The number of nitrogens with zero attached hydrogens (tertiary/aromatic N) is 1. The molecule has 1 rings (SSSR count). The number of aliphatic carboxylic acids is 1. The summed E-state index contributed by atoms with van der Waals surface area (Å²) in [6.45, 7) is 5.27. The quantitative estimate of drug-likeness (QED) is 0.638. The second-order valence-corrected chi connectivity index (χ2v) is 3.65. The lowest BCUT2D eigenvalue weighted by molar-refractivity contribution is -0.132. The summed E-state index contributed by atoms with van der Waals surface area (Å²) in [5.41, 5.74) is 0.313. The first kappa shape index (κ1) is 11.7. The number of carbonyl (C=O) groups is 2. The minimum atomic E-state index is -0.913. The van der Waals surface area contributed by atoms with E-state index in [2.05, 4.69) is 5.32 Å². The van der Waals surface area contributed by atoms with Crippen LogP contribution < -0.4 is 5.32 Å². The average molecular weight is 212 g/mol. The van der Waals surface area contributed by atoms with Gasteiger partial charge >= 0.3 is 5.97 Å². The van der Waals surface area contributed by atoms with Crippen molar-refractivity contribution in [3.63, 3.8) is 0 Å². The first-order valence-electron chi connectivity index (χ1n) is 4.94. The first-order chi connectivity index (χ1) is 7.02. The van der Waals surface area contributed by atoms with Crippen LogP contribution in [0.2, 0.25) is 0 Å². The fraction of sp³-hybridized carbons (Fsp3) is 0.600. The van der Waals surface area contributed by atoms with Crippen LogP contribution in [0.5, 0.6) is 0 Å². The van der Waals surface area contributed by atoms with E-state index in [1.165, 1.54) is 0 Å². The number of hydrogen-bond acceptors (Lipinski definition) is 3. The van der Waals surface area contributed by atoms with E-state index in [-0.39, 0.29) is 11.9 Å². The van der Waals surface area contributed by atoms with Gasteiger partial charge in [-0.2, -0.15) is 0 Å². The first-order valence-corrected chi connectivity index (χ1v) is 4.94. The third-order valence-corrected chi connectivity index (χ3v) is 2.59. The zero-order valence-electron chi connectivity index (χ0n) is 8.99. The van der Waals surface area contributed by atoms with Gasteiger partial charge in [0.1, 0.15) is 0 Å². The highest BCUT2D eigenvalue weighted by Gasteiger charge is 2.24. The molecule has 15 heavy (non-hydrogen) atoms. The molecule has 1 unspecified atom stereocenters. The van der Waals surface area contributed by atoms with Crippen molar-refractivity contribution in [1.29, 1.82) is 0 Å². The maximum absolute atomic E-state index is 11.3. The normalized spacial score (nSPS) is 23.7. The molecular formula is C10H16N2O3. The maximum Gasteiger partial charge on any atom is 0.330 e. The molecule has 1 fully saturated rings. The van der Waals surface area contributed by atoms with E-state index in [9.17, 15) is 9.59 Å². The second-order valence-electron chi connectivity index (χ2n) is 3.65. The molecule has 1 heterocycles. The summed E-state index contributed by atoms with van der Waals surface area (Å²) in [5, 5.41) is 11.4. The Kier molecular flexibility index (Phi) is 3.85. The second kappa shape index (κ2) is 4.93. The number of piperazine rings is 1. The molecule has 0 aromatic heterocycles. The van der Waals surface area contributed by atoms with Gasteiger partial charge in [-0.25, -0.2) is 4.79 Å². The van der Waals surface area contributed by atoms with Crippen molar-refractivity contribution < 1.29 is 14.7 Å². The predicted octanol–water partition coefficient (Wildman–Crippen LogP) is -0.162. The average Bonchev–Trinajstić information content (AvgIpc) is 2.19. The molecule has 1 aliphatic heterocycles. The third kappa shape index (κ3) is 3.06. The van der Waals surface area contributed by atoms with Gasteiger partial charge < -0.3 is 10.4 Å². The Balaban J connectivity index is 2.54. The summed E-state index contributed by atoms with van der Waals surface area (Å²) in [6, 6.07) is -0.184. The fourth-order valence-electron chi connectivity index (χ4n) is 1.42. The Bertz CT molecular complexity index is 299. The van der Waals surface area contributed by atoms with Gasteiger partial charge in [0.05, 0.1) is 6.04 Å². The molecule has 0 aromatic carbocycles. The highest BCUT2D eigenvalue weighted by atomic mass is 16.4. The van der Waals surface area contributed by atoms with Crippen molar-refractivity contribution in [2.75, 3.05) is 19.6 Å². The number of nitrogens with one attached hydrogen (secondary N) is 1. The summed E-state index contributed by atoms with van der Waals surface area (Å²) in [4.78, 5) is 23.8. The Morgan fingerprint density at radius 3 is 3.00 bits per heavy atom. The third-order valence-electron chi connectivity index (χ3n) is 2.59. The molecule has 2 N–H and O–H groups in total. The Labute approximate surface area is 88.8 Å². The van der Waals surface area contributed by atoms with Gasteiger partial charge in [-0.3, -0.25) is 9.69 Å². The smallest absolute Gasteiger partial charge is 0.330 e. The van der Waals surface area contributed by atoms with Gasteiger partial charge in [-0.05, 0) is 13.8 Å². The lowest BCUT2D eigenvalue weighted by Gasteiger charge is -2.31. The molecule has 0 saturated carbocycles. The van der Waals surface area contributed by atoms with E-state index in [1.54, 1.807) is 13.0 Å². The SMILES string of the molecule is CC(=CCN1CCNC(=O)C1C)C(=O)O. The van der Waals surface area contributed by atoms with Crippen molar-refractivity contribution in [3.8, 4) is 0 Å². The van der Waals surface area contributed by atoms with Crippen LogP contribution in [-0.2, 0) is 9.59 Å². The van der Waals surface area contributed by atoms with Crippen LogP contribution in [0.25, 0.3) is 0 Å². The number of amides is 1. The molecule has 1 saturated heterocycles. The van der Waals surface area contributed by atoms with Crippen molar-refractivity contribution in [1.82, 2.24) is 10.2 Å². The summed E-state index contributed by atoms with van der Waals surface area (Å²) in [7, 11) is 0. The Hall–Kier alpha value is -1.36. The number of hydrogen-bond donors (Lipinski definition) is 2. The van der Waals surface area contributed by atoms with Crippen molar-refractivity contribution in [3.05, 3.63) is 11.6 Å². The molecule has 0 bridgehead atoms. The van der Waals surface area contributed by atoms with Gasteiger partial charge in [0, 0.05) is 25.2 Å². The molecule has 0 aromatic rings. The fourth-order valence-corrected chi connectivity index (χ4v) is 1.42. The number of carboxylic acids is 1. The summed E-state index contributed by atoms with van der Waals surface area (Å²) in [6.07, 6.45) is 1.64. The van der Waals surface area contributed by atoms with E-state index in [0.29, 0.717) is 18.7 Å². The molecule has 0 aliphatic carbocycles. The number of carboxylic acid groups (broad SMARTS) is 1. The summed E-state index contributed by atoms with van der Waals surface area (Å²) < 4.78 is 0. The standard InChI is InChI=1S/C10H16N2O3/c1-7(10(14)15)3-5-12-6-4-11-9(13)8(12)2/h3,8H,4-6H2,1-2H3,(H,11,13)(H,14,15). The Morgan fingerprint density at radius 1 is 1.73 bits per heavy atom. The highest BCUT2D eigenvalue weighted by molar-refractivity contribution is 5.85. The molecule has 1 aliphatic rings. The van der Waals surface area contributed by atoms with E-state index in [1.807, 2.05) is 11.8 Å². The van der Waals surface area contributed by atoms with Crippen molar-refractivity contribution in [2.24, 2.45) is 0 Å². The van der Waals surface area contributed by atoms with Gasteiger partial charge in [0.25, 0.3) is 0 Å². The van der Waals surface area contributed by atoms with Crippen LogP contribution in [0.1, 0.15) is 13.8 Å². The zero-order valence-corrected chi connectivity index (χ0v) is 8.99. The minimum absolute atomic E-state index is 0.00243. The van der Waals surface area contributed by atoms with Crippen LogP contribution in [0.4, 0.5) is 0 Å². The molecule has 1 atom stereocenters. The molecular weight excluding hydrogens is 196 g/mol. The van der Waals surface area contributed by atoms with E-state index in [0.717, 1.165) is 6.54 Å². The summed E-state index contributed by atoms with van der Waals surface area (Å²) in [5.74, 6) is -0.910. The van der Waals surface area contributed by atoms with Gasteiger partial charge in [0.15, 0.2) is 0 Å². The minimum Gasteiger partial charge on any atom is -0.478 e. The monoisotopic (exact) mass is 212 g/mol. The van der Waals surface area contributed by atoms with Crippen LogP contribution in [0, 0.1) is 0 Å².